The molecule has 228 valence electrons. The monoisotopic (exact) mass is 612 g/mol. The Bertz CT molecular complexity index is 2120. The van der Waals surface area contributed by atoms with E-state index < -0.39 is 34.5 Å². The van der Waals surface area contributed by atoms with Crippen molar-refractivity contribution in [2.75, 3.05) is 11.1 Å². The number of nitrogens with zero attached hydrogens (tertiary/aromatic N) is 4. The van der Waals surface area contributed by atoms with Gasteiger partial charge in [-0.1, -0.05) is 12.1 Å². The molecule has 0 spiro atoms. The molecule has 0 unspecified atom stereocenters. The van der Waals surface area contributed by atoms with Crippen molar-refractivity contribution in [3.63, 3.8) is 0 Å². The predicted octanol–water partition coefficient (Wildman–Crippen LogP) is 1.41. The number of carbonyl (C=O) groups excluding carboxylic acids is 2. The number of hydrogen-bond acceptors (Lipinski definition) is 10. The van der Waals surface area contributed by atoms with Crippen molar-refractivity contribution in [1.29, 1.82) is 0 Å². The van der Waals surface area contributed by atoms with E-state index in [1.165, 1.54) is 41.2 Å². The van der Waals surface area contributed by atoms with Crippen LogP contribution < -0.4 is 32.5 Å². The maximum Gasteiger partial charge on any atom is 0.335 e. The molecule has 45 heavy (non-hydrogen) atoms. The molecule has 2 heterocycles. The van der Waals surface area contributed by atoms with Crippen LogP contribution in [0, 0.1) is 12.7 Å². The Labute approximate surface area is 252 Å². The first-order valence-electron chi connectivity index (χ1n) is 13.8. The predicted molar refractivity (Wildman–Crippen MR) is 158 cm³/mol. The van der Waals surface area contributed by atoms with Gasteiger partial charge in [0.1, 0.15) is 34.9 Å². The maximum atomic E-state index is 14.4. The van der Waals surface area contributed by atoms with E-state index in [1.54, 1.807) is 13.0 Å². The molecule has 6 rings (SSSR count). The minimum absolute atomic E-state index is 0.0164. The number of carbonyl (C=O) groups is 3. The van der Waals surface area contributed by atoms with Crippen LogP contribution in [0.15, 0.2) is 52.3 Å². The molecule has 6 N–H and O–H groups in total. The lowest BCUT2D eigenvalue weighted by molar-refractivity contribution is 0.0695. The van der Waals surface area contributed by atoms with E-state index in [4.69, 9.17) is 5.73 Å². The van der Waals surface area contributed by atoms with Gasteiger partial charge in [-0.3, -0.25) is 19.2 Å². The topological polar surface area (TPSA) is 211 Å². The molecule has 3 aromatic carbocycles. The van der Waals surface area contributed by atoms with E-state index in [0.717, 1.165) is 11.1 Å². The van der Waals surface area contributed by atoms with Gasteiger partial charge in [0.05, 0.1) is 11.6 Å². The van der Waals surface area contributed by atoms with Gasteiger partial charge in [-0.25, -0.2) is 14.2 Å². The van der Waals surface area contributed by atoms with Crippen LogP contribution >= 0.6 is 0 Å². The number of benzene rings is 2. The number of rotatable bonds is 9. The summed E-state index contributed by atoms with van der Waals surface area (Å²) in [5.41, 5.74) is 6.90. The van der Waals surface area contributed by atoms with Crippen molar-refractivity contribution >= 4 is 34.9 Å². The van der Waals surface area contributed by atoms with Crippen LogP contribution in [0.3, 0.4) is 0 Å². The first-order valence-corrected chi connectivity index (χ1v) is 13.8. The van der Waals surface area contributed by atoms with Gasteiger partial charge in [0.2, 0.25) is 0 Å². The normalized spacial score (nSPS) is 14.0. The van der Waals surface area contributed by atoms with E-state index in [1.807, 2.05) is 0 Å². The third-order valence-corrected chi connectivity index (χ3v) is 7.91. The SMILES string of the molecule is Cc1c(C(=O)O)ccc2c1CC[C@@H]2NC(=O)c1cc(C(=O)NCc2ccc(F)c(CNc3c(N)c(=O)c3=O)c2)nc2ncnn12. The largest absolute Gasteiger partial charge is 0.478 e. The lowest BCUT2D eigenvalue weighted by Gasteiger charge is -2.16. The summed E-state index contributed by atoms with van der Waals surface area (Å²) in [6, 6.07) is 8.30. The fraction of sp³-hybridized carbons (Fsp3) is 0.200. The highest BCUT2D eigenvalue weighted by Gasteiger charge is 2.29. The summed E-state index contributed by atoms with van der Waals surface area (Å²) in [4.78, 5) is 69.3. The molecule has 5 aromatic rings. The van der Waals surface area contributed by atoms with Crippen molar-refractivity contribution in [2.24, 2.45) is 0 Å². The lowest BCUT2D eigenvalue weighted by atomic mass is 9.98. The molecule has 2 amide bonds. The Morgan fingerprint density at radius 1 is 1.09 bits per heavy atom. The number of anilines is 2. The zero-order chi connectivity index (χ0) is 32.0. The van der Waals surface area contributed by atoms with Gasteiger partial charge < -0.3 is 26.8 Å². The van der Waals surface area contributed by atoms with Crippen molar-refractivity contribution < 1.29 is 23.9 Å². The number of nitrogen functional groups attached to an aromatic ring is 1. The summed E-state index contributed by atoms with van der Waals surface area (Å²) in [6.07, 6.45) is 2.37. The molecule has 0 aliphatic heterocycles. The molecule has 0 fully saturated rings. The number of amides is 2. The minimum Gasteiger partial charge on any atom is -0.478 e. The maximum absolute atomic E-state index is 14.4. The van der Waals surface area contributed by atoms with Gasteiger partial charge in [0, 0.05) is 24.7 Å². The van der Waals surface area contributed by atoms with Gasteiger partial charge >= 0.3 is 5.97 Å². The summed E-state index contributed by atoms with van der Waals surface area (Å²) in [7, 11) is 0. The van der Waals surface area contributed by atoms with Gasteiger partial charge in [0.15, 0.2) is 0 Å². The molecular weight excluding hydrogens is 587 g/mol. The number of fused-ring (bicyclic) bond motifs is 2. The van der Waals surface area contributed by atoms with Crippen LogP contribution in [0.1, 0.15) is 71.6 Å². The average Bonchev–Trinajstić information content (AvgIpc) is 3.68. The van der Waals surface area contributed by atoms with Crippen molar-refractivity contribution in [3.05, 3.63) is 114 Å². The number of nitrogens with two attached hydrogens (primary N) is 1. The Hall–Kier alpha value is -5.99. The van der Waals surface area contributed by atoms with Crippen LogP contribution in [0.5, 0.6) is 0 Å². The smallest absolute Gasteiger partial charge is 0.335 e. The summed E-state index contributed by atoms with van der Waals surface area (Å²) in [5.74, 6) is -2.71. The lowest BCUT2D eigenvalue weighted by Crippen LogP contribution is -2.37. The number of halogens is 1. The third-order valence-electron chi connectivity index (χ3n) is 7.91. The molecule has 0 bridgehead atoms. The van der Waals surface area contributed by atoms with Crippen molar-refractivity contribution in [2.45, 2.75) is 38.9 Å². The highest BCUT2D eigenvalue weighted by atomic mass is 19.1. The summed E-state index contributed by atoms with van der Waals surface area (Å²) in [5, 5.41) is 21.8. The minimum atomic E-state index is -1.01. The number of nitrogens with one attached hydrogen (secondary N) is 3. The highest BCUT2D eigenvalue weighted by molar-refractivity contribution is 5.98. The number of carboxylic acid groups (broad SMARTS) is 1. The molecule has 0 saturated heterocycles. The Morgan fingerprint density at radius 3 is 2.64 bits per heavy atom. The molecular formula is C30H25FN8O6. The average molecular weight is 613 g/mol. The molecule has 15 heteroatoms. The number of carboxylic acids is 1. The number of aromatic carboxylic acids is 1. The highest BCUT2D eigenvalue weighted by Crippen LogP contribution is 2.35. The fourth-order valence-corrected chi connectivity index (χ4v) is 5.50. The second-order valence-electron chi connectivity index (χ2n) is 10.6. The van der Waals surface area contributed by atoms with E-state index in [9.17, 15) is 33.5 Å². The van der Waals surface area contributed by atoms with Gasteiger partial charge in [-0.15, -0.1) is 0 Å². The van der Waals surface area contributed by atoms with Gasteiger partial charge in [-0.2, -0.15) is 14.6 Å². The Morgan fingerprint density at radius 2 is 1.89 bits per heavy atom. The van der Waals surface area contributed by atoms with Crippen molar-refractivity contribution in [3.8, 4) is 0 Å². The van der Waals surface area contributed by atoms with Gasteiger partial charge in [0.25, 0.3) is 28.4 Å². The van der Waals surface area contributed by atoms with E-state index in [-0.39, 0.29) is 58.8 Å². The fourth-order valence-electron chi connectivity index (χ4n) is 5.50. The summed E-state index contributed by atoms with van der Waals surface area (Å²) < 4.78 is 15.6. The molecule has 0 radical (unpaired) electrons. The van der Waals surface area contributed by atoms with E-state index >= 15 is 0 Å². The van der Waals surface area contributed by atoms with Crippen molar-refractivity contribution in [1.82, 2.24) is 30.2 Å². The second-order valence-corrected chi connectivity index (χ2v) is 10.6. The van der Waals surface area contributed by atoms with Crippen LogP contribution in [0.2, 0.25) is 0 Å². The molecule has 2 aromatic heterocycles. The number of hydrogen-bond donors (Lipinski definition) is 5. The summed E-state index contributed by atoms with van der Waals surface area (Å²) in [6.45, 7) is 1.61. The Kier molecular flexibility index (Phi) is 7.28. The first kappa shape index (κ1) is 29.1. The quantitative estimate of drug-likeness (QED) is 0.150. The Balaban J connectivity index is 1.17. The molecule has 1 aliphatic carbocycles. The van der Waals surface area contributed by atoms with Crippen LogP contribution in [0.4, 0.5) is 15.8 Å². The summed E-state index contributed by atoms with van der Waals surface area (Å²) >= 11 is 0. The second kappa shape index (κ2) is 11.3. The molecule has 1 atom stereocenters. The number of aromatic nitrogens is 4. The van der Waals surface area contributed by atoms with Crippen LogP contribution in [-0.4, -0.2) is 42.5 Å². The zero-order valence-corrected chi connectivity index (χ0v) is 23.7. The van der Waals surface area contributed by atoms with E-state index in [2.05, 4.69) is 31.0 Å². The van der Waals surface area contributed by atoms with Crippen LogP contribution in [0.25, 0.3) is 5.78 Å². The zero-order valence-electron chi connectivity index (χ0n) is 23.7. The molecule has 14 nitrogen and oxygen atoms in total. The van der Waals surface area contributed by atoms with Crippen LogP contribution in [-0.2, 0) is 19.5 Å². The molecule has 0 saturated carbocycles. The standard InChI is InChI=1S/C30H25FN8O6/c1-13-16-5-7-20(18(16)4-3-17(13)29(44)45)37-28(43)22-9-21(38-30-35-12-36-39(22)30)27(42)34-10-14-2-6-19(31)15(8-14)11-33-24-23(32)25(40)26(24)41/h2-4,6,8-9,12,20,33H,5,7,10-11,32H2,1H3,(H,34,42)(H,37,43)(H,44,45)/t20-/m0/s1. The third kappa shape index (κ3) is 5.24. The molecule has 1 aliphatic rings. The van der Waals surface area contributed by atoms with E-state index in [0.29, 0.717) is 24.0 Å². The first-order chi connectivity index (χ1) is 21.5. The van der Waals surface area contributed by atoms with Gasteiger partial charge in [-0.05, 0) is 60.2 Å².